The van der Waals surface area contributed by atoms with Crippen molar-refractivity contribution in [2.45, 2.75) is 13.0 Å². The van der Waals surface area contributed by atoms with Gasteiger partial charge in [0.2, 0.25) is 15.9 Å². The van der Waals surface area contributed by atoms with E-state index in [2.05, 4.69) is 5.32 Å². The fourth-order valence-electron chi connectivity index (χ4n) is 3.14. The molecule has 2 aromatic carbocycles. The summed E-state index contributed by atoms with van der Waals surface area (Å²) in [6.45, 7) is 3.25. The summed E-state index contributed by atoms with van der Waals surface area (Å²) in [5.41, 5.74) is 1.21. The predicted octanol–water partition coefficient (Wildman–Crippen LogP) is 2.77. The van der Waals surface area contributed by atoms with E-state index in [1.54, 1.807) is 19.1 Å². The second kappa shape index (κ2) is 9.30. The number of benzene rings is 2. The minimum atomic E-state index is -3.52. The highest BCUT2D eigenvalue weighted by atomic mass is 32.2. The van der Waals surface area contributed by atoms with Crippen LogP contribution in [0.15, 0.2) is 60.0 Å². The normalized spacial score (nSPS) is 17.3. The summed E-state index contributed by atoms with van der Waals surface area (Å²) in [5, 5.41) is 3.92. The van der Waals surface area contributed by atoms with E-state index in [4.69, 9.17) is 0 Å². The highest BCUT2D eigenvalue weighted by Gasteiger charge is 2.29. The first kappa shape index (κ1) is 21.2. The molecule has 1 fully saturated rings. The molecular formula is C21H24FN3O3S. The average molecular weight is 418 g/mol. The van der Waals surface area contributed by atoms with Gasteiger partial charge in [-0.25, -0.2) is 12.8 Å². The van der Waals surface area contributed by atoms with Crippen molar-refractivity contribution in [2.24, 2.45) is 0 Å². The van der Waals surface area contributed by atoms with E-state index in [-0.39, 0.29) is 5.91 Å². The summed E-state index contributed by atoms with van der Waals surface area (Å²) < 4.78 is 39.8. The molecule has 2 aromatic rings. The van der Waals surface area contributed by atoms with E-state index in [1.165, 1.54) is 27.9 Å². The third kappa shape index (κ3) is 5.72. The molecule has 0 bridgehead atoms. The Balaban J connectivity index is 1.55. The molecule has 1 amide bonds. The Hall–Kier alpha value is -2.55. The Morgan fingerprint density at radius 2 is 1.76 bits per heavy atom. The molecule has 1 aliphatic heterocycles. The highest BCUT2D eigenvalue weighted by molar-refractivity contribution is 7.92. The maximum absolute atomic E-state index is 13.3. The number of nitrogens with zero attached hydrogens (tertiary/aromatic N) is 2. The lowest BCUT2D eigenvalue weighted by Crippen LogP contribution is -2.53. The third-order valence-electron chi connectivity index (χ3n) is 4.88. The van der Waals surface area contributed by atoms with Crippen LogP contribution in [0, 0.1) is 5.82 Å². The van der Waals surface area contributed by atoms with Gasteiger partial charge in [-0.2, -0.15) is 4.31 Å². The molecule has 1 N–H and O–H groups in total. The monoisotopic (exact) mass is 417 g/mol. The molecule has 0 aliphatic carbocycles. The Morgan fingerprint density at radius 3 is 2.41 bits per heavy atom. The van der Waals surface area contributed by atoms with Gasteiger partial charge in [-0.15, -0.1) is 0 Å². The van der Waals surface area contributed by atoms with Crippen molar-refractivity contribution in [1.29, 1.82) is 0 Å². The molecular weight excluding hydrogens is 393 g/mol. The molecule has 0 radical (unpaired) electrons. The van der Waals surface area contributed by atoms with Gasteiger partial charge in [0.1, 0.15) is 5.82 Å². The van der Waals surface area contributed by atoms with Gasteiger partial charge in [0.25, 0.3) is 0 Å². The number of rotatable bonds is 6. The SMILES string of the molecule is C[C@H](C(=O)Nc1cccc(F)c1)N1CCN(S(=O)(=O)/C=C/c2ccccc2)CC1. The van der Waals surface area contributed by atoms with Crippen LogP contribution in [0.2, 0.25) is 0 Å². The predicted molar refractivity (Wildman–Crippen MR) is 112 cm³/mol. The number of hydrogen-bond acceptors (Lipinski definition) is 4. The smallest absolute Gasteiger partial charge is 0.241 e. The largest absolute Gasteiger partial charge is 0.325 e. The van der Waals surface area contributed by atoms with Crippen molar-refractivity contribution in [3.05, 3.63) is 71.4 Å². The second-order valence-corrected chi connectivity index (χ2v) is 8.69. The minimum absolute atomic E-state index is 0.254. The molecule has 1 saturated heterocycles. The zero-order valence-electron chi connectivity index (χ0n) is 16.2. The number of nitrogens with one attached hydrogen (secondary N) is 1. The zero-order chi connectivity index (χ0) is 20.9. The van der Waals surface area contributed by atoms with E-state index < -0.39 is 21.9 Å². The minimum Gasteiger partial charge on any atom is -0.325 e. The van der Waals surface area contributed by atoms with Gasteiger partial charge in [-0.3, -0.25) is 9.69 Å². The Morgan fingerprint density at radius 1 is 1.07 bits per heavy atom. The Kier molecular flexibility index (Phi) is 6.79. The zero-order valence-corrected chi connectivity index (χ0v) is 17.0. The summed E-state index contributed by atoms with van der Waals surface area (Å²) in [6.07, 6.45) is 1.58. The lowest BCUT2D eigenvalue weighted by molar-refractivity contribution is -0.121. The fourth-order valence-corrected chi connectivity index (χ4v) is 4.31. The van der Waals surface area contributed by atoms with Crippen molar-refractivity contribution in [3.8, 4) is 0 Å². The maximum atomic E-state index is 13.3. The number of carbonyl (C=O) groups excluding carboxylic acids is 1. The molecule has 1 heterocycles. The van der Waals surface area contributed by atoms with E-state index >= 15 is 0 Å². The highest BCUT2D eigenvalue weighted by Crippen LogP contribution is 2.15. The van der Waals surface area contributed by atoms with Crippen molar-refractivity contribution < 1.29 is 17.6 Å². The molecule has 6 nitrogen and oxygen atoms in total. The number of sulfonamides is 1. The molecule has 3 rings (SSSR count). The van der Waals surface area contributed by atoms with Gasteiger partial charge < -0.3 is 5.32 Å². The van der Waals surface area contributed by atoms with Crippen molar-refractivity contribution in [3.63, 3.8) is 0 Å². The number of anilines is 1. The molecule has 0 spiro atoms. The number of amides is 1. The molecule has 1 aliphatic rings. The first-order chi connectivity index (χ1) is 13.8. The first-order valence-corrected chi connectivity index (χ1v) is 10.9. The summed E-state index contributed by atoms with van der Waals surface area (Å²) in [7, 11) is -3.52. The van der Waals surface area contributed by atoms with Crippen molar-refractivity contribution >= 4 is 27.7 Å². The van der Waals surface area contributed by atoms with E-state index in [1.807, 2.05) is 35.2 Å². The summed E-state index contributed by atoms with van der Waals surface area (Å²) >= 11 is 0. The van der Waals surface area contributed by atoms with E-state index in [0.29, 0.717) is 31.9 Å². The van der Waals surface area contributed by atoms with Gasteiger partial charge in [-0.05, 0) is 36.8 Å². The van der Waals surface area contributed by atoms with Gasteiger partial charge in [0.15, 0.2) is 0 Å². The molecule has 0 saturated carbocycles. The van der Waals surface area contributed by atoms with Crippen LogP contribution in [0.5, 0.6) is 0 Å². The van der Waals surface area contributed by atoms with Gasteiger partial charge in [0.05, 0.1) is 6.04 Å². The molecule has 0 aromatic heterocycles. The molecule has 29 heavy (non-hydrogen) atoms. The van der Waals surface area contributed by atoms with Crippen LogP contribution < -0.4 is 5.32 Å². The van der Waals surface area contributed by atoms with Crippen molar-refractivity contribution in [2.75, 3.05) is 31.5 Å². The first-order valence-electron chi connectivity index (χ1n) is 9.39. The lowest BCUT2D eigenvalue weighted by Gasteiger charge is -2.36. The number of hydrogen-bond donors (Lipinski definition) is 1. The second-order valence-electron chi connectivity index (χ2n) is 6.87. The summed E-state index contributed by atoms with van der Waals surface area (Å²) in [4.78, 5) is 14.4. The lowest BCUT2D eigenvalue weighted by atomic mass is 10.2. The van der Waals surface area contributed by atoms with Crippen LogP contribution >= 0.6 is 0 Å². The molecule has 1 atom stereocenters. The number of carbonyl (C=O) groups is 1. The van der Waals surface area contributed by atoms with Gasteiger partial charge in [0, 0.05) is 37.3 Å². The molecule has 0 unspecified atom stereocenters. The number of piperazine rings is 1. The third-order valence-corrected chi connectivity index (χ3v) is 6.45. The Bertz CT molecular complexity index is 972. The van der Waals surface area contributed by atoms with Crippen LogP contribution in [-0.2, 0) is 14.8 Å². The van der Waals surface area contributed by atoms with Crippen LogP contribution in [0.4, 0.5) is 10.1 Å². The Labute approximate surface area is 170 Å². The van der Waals surface area contributed by atoms with E-state index in [0.717, 1.165) is 5.56 Å². The maximum Gasteiger partial charge on any atom is 0.241 e. The standard InChI is InChI=1S/C21H24FN3O3S/c1-17(21(26)23-20-9-5-8-19(22)16-20)24-11-13-25(14-12-24)29(27,28)15-10-18-6-3-2-4-7-18/h2-10,15-17H,11-14H2,1H3,(H,23,26)/b15-10+/t17-/m1/s1. The van der Waals surface area contributed by atoms with Crippen LogP contribution in [0.3, 0.4) is 0 Å². The molecule has 154 valence electrons. The summed E-state index contributed by atoms with van der Waals surface area (Å²) in [6, 6.07) is 14.5. The van der Waals surface area contributed by atoms with E-state index in [9.17, 15) is 17.6 Å². The van der Waals surface area contributed by atoms with Crippen LogP contribution in [0.1, 0.15) is 12.5 Å². The summed E-state index contributed by atoms with van der Waals surface area (Å²) in [5.74, 6) is -0.672. The van der Waals surface area contributed by atoms with Crippen molar-refractivity contribution in [1.82, 2.24) is 9.21 Å². The number of halogens is 1. The van der Waals surface area contributed by atoms with Gasteiger partial charge in [-0.1, -0.05) is 36.4 Å². The average Bonchev–Trinajstić information content (AvgIpc) is 2.72. The van der Waals surface area contributed by atoms with Crippen LogP contribution in [0.25, 0.3) is 6.08 Å². The quantitative estimate of drug-likeness (QED) is 0.785. The molecule has 8 heteroatoms. The topological polar surface area (TPSA) is 69.7 Å². The van der Waals surface area contributed by atoms with Gasteiger partial charge >= 0.3 is 0 Å². The fraction of sp³-hybridized carbons (Fsp3) is 0.286. The van der Waals surface area contributed by atoms with Crippen LogP contribution in [-0.4, -0.2) is 55.8 Å².